The van der Waals surface area contributed by atoms with Gasteiger partial charge in [-0.05, 0) is 33.1 Å². The molecule has 6 atom stereocenters. The number of hydrogen-bond acceptors (Lipinski definition) is 3. The van der Waals surface area contributed by atoms with E-state index in [4.69, 9.17) is 21.1 Å². The molecule has 3 nitrogen and oxygen atoms in total. The monoisotopic (exact) mass is 392 g/mol. The van der Waals surface area contributed by atoms with Gasteiger partial charge in [0, 0.05) is 29.0 Å². The van der Waals surface area contributed by atoms with Crippen LogP contribution in [0.3, 0.4) is 0 Å². The number of carbonyl (C=O) groups excluding carboxylic acids is 1. The molecule has 1 aliphatic carbocycles. The van der Waals surface area contributed by atoms with Crippen LogP contribution in [-0.2, 0) is 14.3 Å². The standard InChI is InChI=1S/C17H26BrClO3/c1-10(20)21-13-9-15(4,19)11(18)8-17(13)14(2,3)12-6-7-16(17,5)22-12/h11-13H,6-9H2,1-5H3/t11?,12-,13?,15+,16+,17-/m0/s1. The van der Waals surface area contributed by atoms with E-state index in [1.54, 1.807) is 0 Å². The minimum Gasteiger partial charge on any atom is -0.462 e. The maximum absolute atomic E-state index is 11.7. The van der Waals surface area contributed by atoms with Crippen LogP contribution in [0.5, 0.6) is 0 Å². The molecular formula is C17H26BrClO3. The molecule has 3 fully saturated rings. The van der Waals surface area contributed by atoms with E-state index in [0.29, 0.717) is 6.42 Å². The minimum absolute atomic E-state index is 0.0421. The molecule has 5 heteroatoms. The zero-order valence-electron chi connectivity index (χ0n) is 14.0. The van der Waals surface area contributed by atoms with Gasteiger partial charge in [-0.3, -0.25) is 4.79 Å². The summed E-state index contributed by atoms with van der Waals surface area (Å²) in [6, 6.07) is 0. The topological polar surface area (TPSA) is 35.5 Å². The van der Waals surface area contributed by atoms with Crippen molar-refractivity contribution < 1.29 is 14.3 Å². The second-order valence-electron chi connectivity index (χ2n) is 8.32. The number of rotatable bonds is 1. The molecule has 1 saturated carbocycles. The molecule has 2 unspecified atom stereocenters. The van der Waals surface area contributed by atoms with Gasteiger partial charge in [-0.1, -0.05) is 29.8 Å². The summed E-state index contributed by atoms with van der Waals surface area (Å²) in [5.74, 6) is -0.230. The third-order valence-corrected chi connectivity index (χ3v) is 8.80. The van der Waals surface area contributed by atoms with Crippen LogP contribution in [0.25, 0.3) is 0 Å². The third-order valence-electron chi connectivity index (χ3n) is 6.78. The Balaban J connectivity index is 2.10. The van der Waals surface area contributed by atoms with Gasteiger partial charge in [-0.2, -0.15) is 0 Å². The summed E-state index contributed by atoms with van der Waals surface area (Å²) < 4.78 is 12.3. The second kappa shape index (κ2) is 4.86. The molecule has 2 saturated heterocycles. The molecule has 0 radical (unpaired) electrons. The predicted molar refractivity (Wildman–Crippen MR) is 90.5 cm³/mol. The number of esters is 1. The lowest BCUT2D eigenvalue weighted by Crippen LogP contribution is -2.65. The Morgan fingerprint density at radius 3 is 2.41 bits per heavy atom. The fraction of sp³-hybridized carbons (Fsp3) is 0.941. The number of hydrogen-bond donors (Lipinski definition) is 0. The maximum atomic E-state index is 11.7. The van der Waals surface area contributed by atoms with Crippen LogP contribution < -0.4 is 0 Å². The highest BCUT2D eigenvalue weighted by Gasteiger charge is 2.76. The summed E-state index contributed by atoms with van der Waals surface area (Å²) in [5.41, 5.74) is -0.489. The molecule has 2 aliphatic heterocycles. The Morgan fingerprint density at radius 2 is 1.91 bits per heavy atom. The molecule has 2 heterocycles. The van der Waals surface area contributed by atoms with E-state index in [2.05, 4.69) is 36.7 Å². The number of alkyl halides is 2. The van der Waals surface area contributed by atoms with Gasteiger partial charge < -0.3 is 9.47 Å². The molecule has 3 rings (SSSR count). The average molecular weight is 394 g/mol. The third kappa shape index (κ3) is 1.99. The molecule has 22 heavy (non-hydrogen) atoms. The van der Waals surface area contributed by atoms with Crippen LogP contribution in [0.15, 0.2) is 0 Å². The van der Waals surface area contributed by atoms with Gasteiger partial charge in [-0.25, -0.2) is 0 Å². The summed E-state index contributed by atoms with van der Waals surface area (Å²) in [6.45, 7) is 10.3. The Bertz CT molecular complexity index is 499. The molecular weight excluding hydrogens is 368 g/mol. The smallest absolute Gasteiger partial charge is 0.302 e. The van der Waals surface area contributed by atoms with E-state index in [1.807, 2.05) is 6.92 Å². The first-order valence-corrected chi connectivity index (χ1v) is 9.44. The molecule has 0 aromatic carbocycles. The van der Waals surface area contributed by atoms with Gasteiger partial charge >= 0.3 is 5.97 Å². The van der Waals surface area contributed by atoms with Crippen molar-refractivity contribution in [3.63, 3.8) is 0 Å². The van der Waals surface area contributed by atoms with Crippen molar-refractivity contribution in [2.45, 2.75) is 87.8 Å². The van der Waals surface area contributed by atoms with Crippen LogP contribution in [-0.4, -0.2) is 33.5 Å². The SMILES string of the molecule is CC(=O)OC1C[C@@](C)(Cl)C(Br)C[C@@]12C(C)(C)[C@@H]1CC[C@@]2(C)O1. The van der Waals surface area contributed by atoms with Gasteiger partial charge in [-0.15, -0.1) is 11.6 Å². The van der Waals surface area contributed by atoms with Gasteiger partial charge in [0.05, 0.1) is 16.6 Å². The molecule has 0 amide bonds. The number of carbonyl (C=O) groups is 1. The summed E-state index contributed by atoms with van der Waals surface area (Å²) >= 11 is 10.5. The lowest BCUT2D eigenvalue weighted by atomic mass is 9.46. The predicted octanol–water partition coefficient (Wildman–Crippen LogP) is 4.44. The Hall–Kier alpha value is 0.200. The summed E-state index contributed by atoms with van der Waals surface area (Å²) in [5, 5.41) is 0. The summed E-state index contributed by atoms with van der Waals surface area (Å²) in [4.78, 5) is 11.5. The first-order valence-electron chi connectivity index (χ1n) is 8.14. The van der Waals surface area contributed by atoms with E-state index < -0.39 is 4.87 Å². The van der Waals surface area contributed by atoms with Gasteiger partial charge in [0.2, 0.25) is 0 Å². The normalized spacial score (nSPS) is 53.0. The average Bonchev–Trinajstić information content (AvgIpc) is 2.81. The largest absolute Gasteiger partial charge is 0.462 e. The van der Waals surface area contributed by atoms with E-state index in [-0.39, 0.29) is 39.4 Å². The highest BCUT2D eigenvalue weighted by atomic mass is 79.9. The van der Waals surface area contributed by atoms with Crippen LogP contribution in [0.1, 0.15) is 60.3 Å². The van der Waals surface area contributed by atoms with Crippen molar-refractivity contribution in [1.29, 1.82) is 0 Å². The molecule has 1 spiro atoms. The lowest BCUT2D eigenvalue weighted by molar-refractivity contribution is -0.184. The Kier molecular flexibility index (Phi) is 3.76. The quantitative estimate of drug-likeness (QED) is 0.488. The molecule has 126 valence electrons. The van der Waals surface area contributed by atoms with Crippen molar-refractivity contribution in [3.05, 3.63) is 0 Å². The zero-order chi connectivity index (χ0) is 16.6. The fourth-order valence-electron chi connectivity index (χ4n) is 5.51. The van der Waals surface area contributed by atoms with Crippen molar-refractivity contribution >= 4 is 33.5 Å². The first-order chi connectivity index (χ1) is 9.96. The molecule has 2 bridgehead atoms. The number of fused-ring (bicyclic) bond motifs is 3. The molecule has 3 aliphatic rings. The fourth-order valence-corrected chi connectivity index (χ4v) is 6.43. The van der Waals surface area contributed by atoms with Crippen molar-refractivity contribution in [1.82, 2.24) is 0 Å². The maximum Gasteiger partial charge on any atom is 0.302 e. The van der Waals surface area contributed by atoms with E-state index in [9.17, 15) is 4.79 Å². The molecule has 0 N–H and O–H groups in total. The summed E-state index contributed by atoms with van der Waals surface area (Å²) in [7, 11) is 0. The Morgan fingerprint density at radius 1 is 1.27 bits per heavy atom. The van der Waals surface area contributed by atoms with E-state index >= 15 is 0 Å². The highest BCUT2D eigenvalue weighted by Crippen LogP contribution is 2.72. The first kappa shape index (κ1) is 17.0. The molecule has 0 aromatic rings. The second-order valence-corrected chi connectivity index (χ2v) is 10.3. The highest BCUT2D eigenvalue weighted by molar-refractivity contribution is 9.09. The molecule has 0 aromatic heterocycles. The van der Waals surface area contributed by atoms with Crippen molar-refractivity contribution in [3.8, 4) is 0 Å². The Labute approximate surface area is 146 Å². The van der Waals surface area contributed by atoms with E-state index in [1.165, 1.54) is 6.92 Å². The van der Waals surface area contributed by atoms with Crippen LogP contribution >= 0.6 is 27.5 Å². The van der Waals surface area contributed by atoms with Gasteiger partial charge in [0.15, 0.2) is 0 Å². The van der Waals surface area contributed by atoms with Crippen LogP contribution in [0, 0.1) is 10.8 Å². The zero-order valence-corrected chi connectivity index (χ0v) is 16.4. The summed E-state index contributed by atoms with van der Waals surface area (Å²) in [6.07, 6.45) is 3.66. The van der Waals surface area contributed by atoms with Gasteiger partial charge in [0.25, 0.3) is 0 Å². The van der Waals surface area contributed by atoms with Gasteiger partial charge in [0.1, 0.15) is 6.10 Å². The number of halogens is 2. The van der Waals surface area contributed by atoms with Crippen LogP contribution in [0.2, 0.25) is 0 Å². The van der Waals surface area contributed by atoms with Crippen molar-refractivity contribution in [2.24, 2.45) is 10.8 Å². The minimum atomic E-state index is -0.417. The van der Waals surface area contributed by atoms with Crippen LogP contribution in [0.4, 0.5) is 0 Å². The van der Waals surface area contributed by atoms with E-state index in [0.717, 1.165) is 19.3 Å². The number of ether oxygens (including phenoxy) is 2. The van der Waals surface area contributed by atoms with Crippen molar-refractivity contribution in [2.75, 3.05) is 0 Å². The lowest BCUT2D eigenvalue weighted by Gasteiger charge is -2.60.